The quantitative estimate of drug-likeness (QED) is 0.730. The molecule has 0 aliphatic carbocycles. The first-order chi connectivity index (χ1) is 6.74. The maximum absolute atomic E-state index is 10.6. The van der Waals surface area contributed by atoms with Gasteiger partial charge < -0.3 is 9.84 Å². The maximum atomic E-state index is 10.6. The average Bonchev–Trinajstić information content (AvgIpc) is 2.16. The van der Waals surface area contributed by atoms with Gasteiger partial charge in [-0.05, 0) is 6.26 Å². The highest BCUT2D eigenvalue weighted by Gasteiger charge is 2.24. The van der Waals surface area contributed by atoms with Crippen LogP contribution in [0.2, 0.25) is 0 Å². The van der Waals surface area contributed by atoms with Crippen molar-refractivity contribution in [2.24, 2.45) is 0 Å². The van der Waals surface area contributed by atoms with Crippen molar-refractivity contribution in [1.29, 1.82) is 0 Å². The lowest BCUT2D eigenvalue weighted by atomic mass is 10.1. The van der Waals surface area contributed by atoms with Crippen LogP contribution in [-0.2, 0) is 9.53 Å². The lowest BCUT2D eigenvalue weighted by Crippen LogP contribution is -2.47. The van der Waals surface area contributed by atoms with Crippen LogP contribution in [0.1, 0.15) is 6.42 Å². The third kappa shape index (κ3) is 3.86. The summed E-state index contributed by atoms with van der Waals surface area (Å²) < 4.78 is 5.28. The van der Waals surface area contributed by atoms with Gasteiger partial charge in [0.15, 0.2) is 0 Å². The summed E-state index contributed by atoms with van der Waals surface area (Å²) in [5, 5.41) is 8.72. The standard InChI is InChI=1S/C9H17NO3S/c1-14-5-3-10-2-4-13-7-8(10)6-9(11)12/h8H,2-7H2,1H3,(H,11,12). The molecule has 1 N–H and O–H groups in total. The van der Waals surface area contributed by atoms with Gasteiger partial charge in [0.1, 0.15) is 0 Å². The van der Waals surface area contributed by atoms with E-state index in [0.717, 1.165) is 25.4 Å². The summed E-state index contributed by atoms with van der Waals surface area (Å²) in [6.45, 7) is 3.10. The summed E-state index contributed by atoms with van der Waals surface area (Å²) in [7, 11) is 0. The molecule has 0 bridgehead atoms. The number of ether oxygens (including phenoxy) is 1. The van der Waals surface area contributed by atoms with Crippen LogP contribution in [0.25, 0.3) is 0 Å². The third-order valence-electron chi connectivity index (χ3n) is 2.34. The van der Waals surface area contributed by atoms with Crippen LogP contribution >= 0.6 is 11.8 Å². The van der Waals surface area contributed by atoms with Crippen LogP contribution in [-0.4, -0.2) is 60.3 Å². The van der Waals surface area contributed by atoms with Crippen LogP contribution in [0.15, 0.2) is 0 Å². The second kappa shape index (κ2) is 6.27. The SMILES string of the molecule is CSCCN1CCOCC1CC(=O)O. The van der Waals surface area contributed by atoms with E-state index in [-0.39, 0.29) is 12.5 Å². The molecule has 4 nitrogen and oxygen atoms in total. The average molecular weight is 219 g/mol. The number of thioether (sulfide) groups is 1. The molecule has 0 aromatic heterocycles. The van der Waals surface area contributed by atoms with Gasteiger partial charge in [-0.15, -0.1) is 0 Å². The molecular formula is C9H17NO3S. The minimum absolute atomic E-state index is 0.0633. The van der Waals surface area contributed by atoms with Crippen LogP contribution < -0.4 is 0 Å². The van der Waals surface area contributed by atoms with Crippen molar-refractivity contribution in [3.63, 3.8) is 0 Å². The fraction of sp³-hybridized carbons (Fsp3) is 0.889. The normalized spacial score (nSPS) is 23.6. The number of carbonyl (C=O) groups is 1. The number of carboxylic acid groups (broad SMARTS) is 1. The van der Waals surface area contributed by atoms with Crippen molar-refractivity contribution < 1.29 is 14.6 Å². The van der Waals surface area contributed by atoms with Gasteiger partial charge in [-0.1, -0.05) is 0 Å². The smallest absolute Gasteiger partial charge is 0.305 e. The Kier molecular flexibility index (Phi) is 5.29. The molecule has 1 heterocycles. The molecule has 1 atom stereocenters. The van der Waals surface area contributed by atoms with Crippen LogP contribution in [0, 0.1) is 0 Å². The van der Waals surface area contributed by atoms with Crippen molar-refractivity contribution in [2.75, 3.05) is 38.3 Å². The predicted octanol–water partition coefficient (Wildman–Crippen LogP) is 0.525. The first-order valence-corrected chi connectivity index (χ1v) is 6.16. The summed E-state index contributed by atoms with van der Waals surface area (Å²) >= 11 is 1.79. The largest absolute Gasteiger partial charge is 0.481 e. The van der Waals surface area contributed by atoms with Gasteiger partial charge in [-0.25, -0.2) is 0 Å². The van der Waals surface area contributed by atoms with Gasteiger partial charge in [0, 0.05) is 24.9 Å². The lowest BCUT2D eigenvalue weighted by Gasteiger charge is -2.34. The van der Waals surface area contributed by atoms with E-state index < -0.39 is 5.97 Å². The van der Waals surface area contributed by atoms with Crippen LogP contribution in [0.5, 0.6) is 0 Å². The molecule has 0 saturated carbocycles. The molecule has 5 heteroatoms. The zero-order valence-corrected chi connectivity index (χ0v) is 9.26. The first-order valence-electron chi connectivity index (χ1n) is 4.76. The number of hydrogen-bond acceptors (Lipinski definition) is 4. The topological polar surface area (TPSA) is 49.8 Å². The molecule has 0 aromatic carbocycles. The molecule has 82 valence electrons. The monoisotopic (exact) mass is 219 g/mol. The Bertz CT molecular complexity index is 189. The van der Waals surface area contributed by atoms with Crippen molar-refractivity contribution >= 4 is 17.7 Å². The Balaban J connectivity index is 2.37. The molecule has 0 radical (unpaired) electrons. The number of morpholine rings is 1. The maximum Gasteiger partial charge on any atom is 0.305 e. The van der Waals surface area contributed by atoms with Crippen molar-refractivity contribution in [2.45, 2.75) is 12.5 Å². The number of nitrogens with zero attached hydrogens (tertiary/aromatic N) is 1. The Labute approximate surface area is 88.6 Å². The zero-order valence-electron chi connectivity index (χ0n) is 8.44. The van der Waals surface area contributed by atoms with E-state index >= 15 is 0 Å². The summed E-state index contributed by atoms with van der Waals surface area (Å²) in [6, 6.07) is 0.0633. The van der Waals surface area contributed by atoms with E-state index in [1.807, 2.05) is 0 Å². The van der Waals surface area contributed by atoms with Crippen LogP contribution in [0.4, 0.5) is 0 Å². The van der Waals surface area contributed by atoms with Gasteiger partial charge in [-0.2, -0.15) is 11.8 Å². The summed E-state index contributed by atoms with van der Waals surface area (Å²) in [4.78, 5) is 12.8. The highest BCUT2D eigenvalue weighted by atomic mass is 32.2. The lowest BCUT2D eigenvalue weighted by molar-refractivity contribution is -0.140. The Hall–Kier alpha value is -0.260. The minimum Gasteiger partial charge on any atom is -0.481 e. The highest BCUT2D eigenvalue weighted by molar-refractivity contribution is 7.98. The Morgan fingerprint density at radius 2 is 2.50 bits per heavy atom. The molecule has 1 saturated heterocycles. The van der Waals surface area contributed by atoms with E-state index in [9.17, 15) is 4.79 Å². The highest BCUT2D eigenvalue weighted by Crippen LogP contribution is 2.11. The van der Waals surface area contributed by atoms with Crippen LogP contribution in [0.3, 0.4) is 0 Å². The molecule has 0 spiro atoms. The minimum atomic E-state index is -0.741. The molecule has 0 amide bonds. The summed E-state index contributed by atoms with van der Waals surface area (Å²) in [6.07, 6.45) is 2.25. The molecule has 1 unspecified atom stereocenters. The van der Waals surface area contributed by atoms with E-state index in [1.165, 1.54) is 0 Å². The molecule has 1 rings (SSSR count). The zero-order chi connectivity index (χ0) is 10.4. The van der Waals surface area contributed by atoms with Gasteiger partial charge >= 0.3 is 5.97 Å². The second-order valence-corrected chi connectivity index (χ2v) is 4.34. The van der Waals surface area contributed by atoms with Gasteiger partial charge in [0.05, 0.1) is 19.6 Å². The molecular weight excluding hydrogens is 202 g/mol. The molecule has 14 heavy (non-hydrogen) atoms. The van der Waals surface area contributed by atoms with Crippen molar-refractivity contribution in [3.8, 4) is 0 Å². The van der Waals surface area contributed by atoms with E-state index in [4.69, 9.17) is 9.84 Å². The Morgan fingerprint density at radius 3 is 3.14 bits per heavy atom. The fourth-order valence-corrected chi connectivity index (χ4v) is 2.00. The number of aliphatic carboxylic acids is 1. The summed E-state index contributed by atoms with van der Waals surface area (Å²) in [5.74, 6) is 0.311. The summed E-state index contributed by atoms with van der Waals surface area (Å²) in [5.41, 5.74) is 0. The van der Waals surface area contributed by atoms with E-state index in [2.05, 4.69) is 11.2 Å². The van der Waals surface area contributed by atoms with Gasteiger partial charge in [-0.3, -0.25) is 9.69 Å². The van der Waals surface area contributed by atoms with Crippen molar-refractivity contribution in [3.05, 3.63) is 0 Å². The first kappa shape index (κ1) is 11.8. The Morgan fingerprint density at radius 1 is 1.71 bits per heavy atom. The van der Waals surface area contributed by atoms with E-state index in [1.54, 1.807) is 11.8 Å². The third-order valence-corrected chi connectivity index (χ3v) is 2.93. The number of carboxylic acids is 1. The molecule has 1 aliphatic heterocycles. The van der Waals surface area contributed by atoms with E-state index in [0.29, 0.717) is 6.61 Å². The molecule has 1 fully saturated rings. The van der Waals surface area contributed by atoms with Gasteiger partial charge in [0.2, 0.25) is 0 Å². The van der Waals surface area contributed by atoms with Gasteiger partial charge in [0.25, 0.3) is 0 Å². The number of rotatable bonds is 5. The van der Waals surface area contributed by atoms with Crippen molar-refractivity contribution in [1.82, 2.24) is 4.90 Å². The fourth-order valence-electron chi connectivity index (χ4n) is 1.58. The molecule has 0 aromatic rings. The second-order valence-electron chi connectivity index (χ2n) is 3.36. The molecule has 1 aliphatic rings. The predicted molar refractivity (Wildman–Crippen MR) is 56.8 cm³/mol. The number of hydrogen-bond donors (Lipinski definition) is 1.